The molecule has 1 heterocycles. The average molecular weight is 254 g/mol. The first kappa shape index (κ1) is 12.9. The zero-order chi connectivity index (χ0) is 13.7. The van der Waals surface area contributed by atoms with E-state index < -0.39 is 0 Å². The molecular weight excluding hydrogens is 240 g/mol. The van der Waals surface area contributed by atoms with Crippen molar-refractivity contribution in [3.63, 3.8) is 0 Å². The number of aromatic nitrogens is 2. The summed E-state index contributed by atoms with van der Waals surface area (Å²) in [4.78, 5) is 12.2. The van der Waals surface area contributed by atoms with E-state index in [0.717, 1.165) is 0 Å². The van der Waals surface area contributed by atoms with Crippen molar-refractivity contribution < 1.29 is 4.79 Å². The SMILES string of the molecule is Cn1cc(NC(=O)c2ccccc2C#CCN)cn1. The largest absolute Gasteiger partial charge is 0.320 e. The minimum atomic E-state index is -0.213. The minimum absolute atomic E-state index is 0.213. The number of nitrogens with two attached hydrogens (primary N) is 1. The van der Waals surface area contributed by atoms with Crippen molar-refractivity contribution in [3.05, 3.63) is 47.8 Å². The predicted octanol–water partition coefficient (Wildman–Crippen LogP) is 0.983. The van der Waals surface area contributed by atoms with Gasteiger partial charge in [0.2, 0.25) is 0 Å². The third-order valence-corrected chi connectivity index (χ3v) is 2.46. The van der Waals surface area contributed by atoms with Crippen molar-refractivity contribution in [2.75, 3.05) is 11.9 Å². The van der Waals surface area contributed by atoms with Crippen LogP contribution in [0.2, 0.25) is 0 Å². The first-order valence-electron chi connectivity index (χ1n) is 5.78. The van der Waals surface area contributed by atoms with Crippen LogP contribution in [0.25, 0.3) is 0 Å². The maximum absolute atomic E-state index is 12.2. The molecule has 0 aliphatic rings. The smallest absolute Gasteiger partial charge is 0.257 e. The van der Waals surface area contributed by atoms with Crippen LogP contribution in [-0.4, -0.2) is 22.2 Å². The van der Waals surface area contributed by atoms with E-state index in [9.17, 15) is 4.79 Å². The van der Waals surface area contributed by atoms with Gasteiger partial charge in [0, 0.05) is 18.8 Å². The Bertz CT molecular complexity index is 649. The predicted molar refractivity (Wildman–Crippen MR) is 73.5 cm³/mol. The Hall–Kier alpha value is -2.58. The summed E-state index contributed by atoms with van der Waals surface area (Å²) in [6.07, 6.45) is 3.32. The molecule has 0 fully saturated rings. The summed E-state index contributed by atoms with van der Waals surface area (Å²) in [6.45, 7) is 0.262. The quantitative estimate of drug-likeness (QED) is 0.785. The van der Waals surface area contributed by atoms with E-state index in [4.69, 9.17) is 5.73 Å². The van der Waals surface area contributed by atoms with Gasteiger partial charge in [-0.2, -0.15) is 5.10 Å². The molecule has 5 heteroatoms. The second-order valence-electron chi connectivity index (χ2n) is 3.91. The zero-order valence-corrected chi connectivity index (χ0v) is 10.6. The molecule has 2 rings (SSSR count). The first-order valence-corrected chi connectivity index (χ1v) is 5.78. The fourth-order valence-electron chi connectivity index (χ4n) is 1.62. The number of rotatable bonds is 2. The van der Waals surface area contributed by atoms with Crippen LogP contribution in [0, 0.1) is 11.8 Å². The summed E-state index contributed by atoms with van der Waals surface area (Å²) in [5.41, 5.74) is 7.17. The lowest BCUT2D eigenvalue weighted by Gasteiger charge is -2.04. The van der Waals surface area contributed by atoms with Crippen LogP contribution in [0.3, 0.4) is 0 Å². The molecule has 2 aromatic rings. The fourth-order valence-corrected chi connectivity index (χ4v) is 1.62. The Labute approximate surface area is 111 Å². The van der Waals surface area contributed by atoms with Gasteiger partial charge in [0.25, 0.3) is 5.91 Å². The lowest BCUT2D eigenvalue weighted by Crippen LogP contribution is -2.13. The van der Waals surface area contributed by atoms with E-state index in [2.05, 4.69) is 22.3 Å². The van der Waals surface area contributed by atoms with E-state index in [1.54, 1.807) is 42.3 Å². The molecule has 0 atom stereocenters. The maximum atomic E-state index is 12.2. The van der Waals surface area contributed by atoms with E-state index in [1.807, 2.05) is 6.07 Å². The summed E-state index contributed by atoms with van der Waals surface area (Å²) in [5, 5.41) is 6.77. The Balaban J connectivity index is 2.23. The van der Waals surface area contributed by atoms with Crippen LogP contribution in [0.1, 0.15) is 15.9 Å². The lowest BCUT2D eigenvalue weighted by molar-refractivity contribution is 0.102. The van der Waals surface area contributed by atoms with E-state index in [0.29, 0.717) is 16.8 Å². The van der Waals surface area contributed by atoms with E-state index >= 15 is 0 Å². The number of anilines is 1. The number of carbonyl (C=O) groups is 1. The summed E-state index contributed by atoms with van der Waals surface area (Å²) >= 11 is 0. The number of benzene rings is 1. The molecule has 0 unspecified atom stereocenters. The summed E-state index contributed by atoms with van der Waals surface area (Å²) in [7, 11) is 1.79. The molecule has 19 heavy (non-hydrogen) atoms. The molecule has 3 N–H and O–H groups in total. The number of carbonyl (C=O) groups excluding carboxylic acids is 1. The van der Waals surface area contributed by atoms with Gasteiger partial charge in [-0.1, -0.05) is 24.0 Å². The highest BCUT2D eigenvalue weighted by Crippen LogP contribution is 2.11. The number of hydrogen-bond acceptors (Lipinski definition) is 3. The molecule has 0 radical (unpaired) electrons. The Morgan fingerprint density at radius 1 is 1.47 bits per heavy atom. The molecule has 1 aromatic carbocycles. The molecule has 1 aromatic heterocycles. The van der Waals surface area contributed by atoms with Crippen LogP contribution >= 0.6 is 0 Å². The van der Waals surface area contributed by atoms with Crippen molar-refractivity contribution >= 4 is 11.6 Å². The zero-order valence-electron chi connectivity index (χ0n) is 10.6. The molecule has 1 amide bonds. The number of nitrogens with zero attached hydrogens (tertiary/aromatic N) is 2. The molecule has 0 saturated heterocycles. The number of hydrogen-bond donors (Lipinski definition) is 2. The van der Waals surface area contributed by atoms with Crippen molar-refractivity contribution in [1.29, 1.82) is 0 Å². The van der Waals surface area contributed by atoms with Crippen molar-refractivity contribution in [1.82, 2.24) is 9.78 Å². The molecule has 5 nitrogen and oxygen atoms in total. The van der Waals surface area contributed by atoms with Crippen molar-refractivity contribution in [2.24, 2.45) is 12.8 Å². The molecule has 0 saturated carbocycles. The number of nitrogens with one attached hydrogen (secondary N) is 1. The van der Waals surface area contributed by atoms with Crippen molar-refractivity contribution in [2.45, 2.75) is 0 Å². The van der Waals surface area contributed by atoms with Crippen molar-refractivity contribution in [3.8, 4) is 11.8 Å². The molecular formula is C14H14N4O. The highest BCUT2D eigenvalue weighted by Gasteiger charge is 2.10. The molecule has 96 valence electrons. The molecule has 0 aliphatic heterocycles. The van der Waals surface area contributed by atoms with Gasteiger partial charge in [-0.15, -0.1) is 0 Å². The monoisotopic (exact) mass is 254 g/mol. The lowest BCUT2D eigenvalue weighted by atomic mass is 10.1. The molecule has 0 spiro atoms. The Morgan fingerprint density at radius 3 is 2.95 bits per heavy atom. The summed E-state index contributed by atoms with van der Waals surface area (Å²) in [6, 6.07) is 7.15. The van der Waals surface area contributed by atoms with Gasteiger partial charge >= 0.3 is 0 Å². The normalized spacial score (nSPS) is 9.58. The second kappa shape index (κ2) is 5.85. The average Bonchev–Trinajstić information content (AvgIpc) is 2.82. The third kappa shape index (κ3) is 3.21. The maximum Gasteiger partial charge on any atom is 0.257 e. The summed E-state index contributed by atoms with van der Waals surface area (Å²) < 4.78 is 1.62. The summed E-state index contributed by atoms with van der Waals surface area (Å²) in [5.74, 6) is 5.42. The third-order valence-electron chi connectivity index (χ3n) is 2.46. The number of amides is 1. The van der Waals surface area contributed by atoms with E-state index in [-0.39, 0.29) is 12.5 Å². The van der Waals surface area contributed by atoms with Crippen LogP contribution in [0.4, 0.5) is 5.69 Å². The van der Waals surface area contributed by atoms with Gasteiger partial charge in [-0.25, -0.2) is 0 Å². The highest BCUT2D eigenvalue weighted by atomic mass is 16.1. The van der Waals surface area contributed by atoms with Crippen LogP contribution < -0.4 is 11.1 Å². The highest BCUT2D eigenvalue weighted by molar-refractivity contribution is 6.05. The van der Waals surface area contributed by atoms with Gasteiger partial charge in [-0.05, 0) is 12.1 Å². The van der Waals surface area contributed by atoms with Crippen LogP contribution in [-0.2, 0) is 7.05 Å². The van der Waals surface area contributed by atoms with Gasteiger partial charge < -0.3 is 11.1 Å². The van der Waals surface area contributed by atoms with Crippen LogP contribution in [0.15, 0.2) is 36.7 Å². The Kier molecular flexibility index (Phi) is 3.96. The number of aryl methyl sites for hydroxylation is 1. The molecule has 0 bridgehead atoms. The topological polar surface area (TPSA) is 72.9 Å². The van der Waals surface area contributed by atoms with Gasteiger partial charge in [0.15, 0.2) is 0 Å². The second-order valence-corrected chi connectivity index (χ2v) is 3.91. The fraction of sp³-hybridized carbons (Fsp3) is 0.143. The van der Waals surface area contributed by atoms with Crippen LogP contribution in [0.5, 0.6) is 0 Å². The Morgan fingerprint density at radius 2 is 2.26 bits per heavy atom. The molecule has 0 aliphatic carbocycles. The van der Waals surface area contributed by atoms with E-state index in [1.165, 1.54) is 0 Å². The first-order chi connectivity index (χ1) is 9.20. The standard InChI is InChI=1S/C14H14N4O/c1-18-10-12(9-16-18)17-14(19)13-7-3-2-5-11(13)6-4-8-15/h2-3,5,7,9-10H,8,15H2,1H3,(H,17,19). The minimum Gasteiger partial charge on any atom is -0.320 e. The van der Waals surface area contributed by atoms with Gasteiger partial charge in [0.1, 0.15) is 0 Å². The van der Waals surface area contributed by atoms with Gasteiger partial charge in [-0.3, -0.25) is 9.48 Å². The van der Waals surface area contributed by atoms with Gasteiger partial charge in [0.05, 0.1) is 24.0 Å².